The third-order valence-electron chi connectivity index (χ3n) is 4.31. The van der Waals surface area contributed by atoms with Crippen LogP contribution < -0.4 is 5.32 Å². The summed E-state index contributed by atoms with van der Waals surface area (Å²) in [5.74, 6) is 0.274. The first-order valence-electron chi connectivity index (χ1n) is 6.55. The first-order chi connectivity index (χ1) is 9.41. The Bertz CT molecular complexity index is 678. The molecule has 7 nitrogen and oxygen atoms in total. The Hall–Kier alpha value is -2.02. The SMILES string of the molecule is Cc1c(C(=O)NC2CC(O)C2(C)C)cnc2ncnn12. The predicted molar refractivity (Wildman–Crippen MR) is 71.2 cm³/mol. The molecule has 0 bridgehead atoms. The van der Waals surface area contributed by atoms with E-state index in [1.54, 1.807) is 6.92 Å². The van der Waals surface area contributed by atoms with Crippen LogP contribution in [0.3, 0.4) is 0 Å². The number of carbonyl (C=O) groups excluding carboxylic acids is 1. The van der Waals surface area contributed by atoms with Gasteiger partial charge in [-0.3, -0.25) is 4.79 Å². The molecule has 7 heteroatoms. The summed E-state index contributed by atoms with van der Waals surface area (Å²) in [5, 5.41) is 16.7. The van der Waals surface area contributed by atoms with Crippen molar-refractivity contribution < 1.29 is 9.90 Å². The number of amides is 1. The Morgan fingerprint density at radius 2 is 2.25 bits per heavy atom. The molecule has 2 unspecified atom stereocenters. The number of aromatic nitrogens is 4. The van der Waals surface area contributed by atoms with Gasteiger partial charge in [-0.25, -0.2) is 9.50 Å². The second-order valence-electron chi connectivity index (χ2n) is 5.83. The summed E-state index contributed by atoms with van der Waals surface area (Å²) in [4.78, 5) is 20.4. The van der Waals surface area contributed by atoms with Gasteiger partial charge in [0.25, 0.3) is 11.7 Å². The smallest absolute Gasteiger partial charge is 0.254 e. The normalized spacial score (nSPS) is 24.4. The molecule has 1 aliphatic carbocycles. The fourth-order valence-electron chi connectivity index (χ4n) is 2.50. The number of aliphatic hydroxyl groups is 1. The van der Waals surface area contributed by atoms with Gasteiger partial charge < -0.3 is 10.4 Å². The molecular formula is C13H17N5O2. The van der Waals surface area contributed by atoms with Crippen molar-refractivity contribution in [2.24, 2.45) is 5.41 Å². The molecule has 2 atom stereocenters. The minimum Gasteiger partial charge on any atom is -0.392 e. The molecule has 0 spiro atoms. The summed E-state index contributed by atoms with van der Waals surface area (Å²) in [7, 11) is 0. The zero-order valence-electron chi connectivity index (χ0n) is 11.7. The maximum Gasteiger partial charge on any atom is 0.254 e. The van der Waals surface area contributed by atoms with Crippen LogP contribution in [0.15, 0.2) is 12.5 Å². The highest BCUT2D eigenvalue weighted by Crippen LogP contribution is 2.40. The lowest BCUT2D eigenvalue weighted by Crippen LogP contribution is -2.61. The zero-order valence-corrected chi connectivity index (χ0v) is 11.7. The van der Waals surface area contributed by atoms with E-state index in [1.165, 1.54) is 17.0 Å². The average Bonchev–Trinajstić information content (AvgIpc) is 2.88. The van der Waals surface area contributed by atoms with Crippen LogP contribution in [-0.2, 0) is 0 Å². The van der Waals surface area contributed by atoms with Gasteiger partial charge in [0.2, 0.25) is 0 Å². The van der Waals surface area contributed by atoms with Crippen LogP contribution in [-0.4, -0.2) is 42.7 Å². The second kappa shape index (κ2) is 4.24. The molecule has 0 radical (unpaired) electrons. The number of fused-ring (bicyclic) bond motifs is 1. The van der Waals surface area contributed by atoms with Gasteiger partial charge in [-0.05, 0) is 13.3 Å². The number of nitrogens with one attached hydrogen (secondary N) is 1. The van der Waals surface area contributed by atoms with Crippen LogP contribution >= 0.6 is 0 Å². The fourth-order valence-corrected chi connectivity index (χ4v) is 2.50. The minimum atomic E-state index is -0.371. The van der Waals surface area contributed by atoms with Gasteiger partial charge in [0.15, 0.2) is 0 Å². The molecule has 3 rings (SSSR count). The molecule has 2 aromatic heterocycles. The summed E-state index contributed by atoms with van der Waals surface area (Å²) in [6.45, 7) is 5.69. The topological polar surface area (TPSA) is 92.4 Å². The third kappa shape index (κ3) is 1.77. The molecule has 0 aromatic carbocycles. The van der Waals surface area contributed by atoms with Crippen molar-refractivity contribution in [3.05, 3.63) is 23.8 Å². The highest BCUT2D eigenvalue weighted by molar-refractivity contribution is 5.95. The molecular weight excluding hydrogens is 258 g/mol. The van der Waals surface area contributed by atoms with E-state index in [9.17, 15) is 9.90 Å². The fraction of sp³-hybridized carbons (Fsp3) is 0.538. The number of nitrogens with zero attached hydrogens (tertiary/aromatic N) is 4. The van der Waals surface area contributed by atoms with E-state index in [2.05, 4.69) is 20.4 Å². The van der Waals surface area contributed by atoms with Gasteiger partial charge in [0.05, 0.1) is 17.4 Å². The first kappa shape index (κ1) is 13.0. The van der Waals surface area contributed by atoms with Crippen molar-refractivity contribution in [1.29, 1.82) is 0 Å². The van der Waals surface area contributed by atoms with E-state index in [4.69, 9.17) is 0 Å². The quantitative estimate of drug-likeness (QED) is 0.823. The lowest BCUT2D eigenvalue weighted by atomic mass is 9.64. The van der Waals surface area contributed by atoms with E-state index in [-0.39, 0.29) is 23.5 Å². The van der Waals surface area contributed by atoms with Gasteiger partial charge in [-0.15, -0.1) is 0 Å². The monoisotopic (exact) mass is 275 g/mol. The Balaban J connectivity index is 1.84. The van der Waals surface area contributed by atoms with Gasteiger partial charge >= 0.3 is 0 Å². The summed E-state index contributed by atoms with van der Waals surface area (Å²) >= 11 is 0. The summed E-state index contributed by atoms with van der Waals surface area (Å²) in [5.41, 5.74) is 0.872. The number of hydrogen-bond donors (Lipinski definition) is 2. The Kier molecular flexibility index (Phi) is 2.75. The van der Waals surface area contributed by atoms with Crippen molar-refractivity contribution in [2.45, 2.75) is 39.3 Å². The van der Waals surface area contributed by atoms with Gasteiger partial charge in [0.1, 0.15) is 6.33 Å². The highest BCUT2D eigenvalue weighted by Gasteiger charge is 2.48. The molecule has 2 N–H and O–H groups in total. The summed E-state index contributed by atoms with van der Waals surface area (Å²) in [6, 6.07) is -0.0316. The van der Waals surface area contributed by atoms with E-state index < -0.39 is 0 Å². The van der Waals surface area contributed by atoms with Gasteiger partial charge in [-0.2, -0.15) is 10.1 Å². The predicted octanol–water partition coefficient (Wildman–Crippen LogP) is 0.322. The Morgan fingerprint density at radius 1 is 1.50 bits per heavy atom. The molecule has 20 heavy (non-hydrogen) atoms. The highest BCUT2D eigenvalue weighted by atomic mass is 16.3. The lowest BCUT2D eigenvalue weighted by molar-refractivity contribution is -0.0689. The van der Waals surface area contributed by atoms with Crippen LogP contribution in [0.1, 0.15) is 36.3 Å². The van der Waals surface area contributed by atoms with Crippen molar-refractivity contribution in [3.63, 3.8) is 0 Å². The van der Waals surface area contributed by atoms with E-state index >= 15 is 0 Å². The third-order valence-corrected chi connectivity index (χ3v) is 4.31. The number of aryl methyl sites for hydroxylation is 1. The average molecular weight is 275 g/mol. The maximum atomic E-state index is 12.3. The molecule has 0 aliphatic heterocycles. The summed E-state index contributed by atoms with van der Waals surface area (Å²) < 4.78 is 1.54. The molecule has 1 amide bonds. The van der Waals surface area contributed by atoms with E-state index in [0.717, 1.165) is 0 Å². The lowest BCUT2D eigenvalue weighted by Gasteiger charge is -2.49. The first-order valence-corrected chi connectivity index (χ1v) is 6.55. The van der Waals surface area contributed by atoms with E-state index in [1.807, 2.05) is 13.8 Å². The number of rotatable bonds is 2. The minimum absolute atomic E-state index is 0.0316. The standard InChI is InChI=1S/C13H17N5O2/c1-7-8(5-14-12-15-6-16-18(7)12)11(20)17-9-4-10(19)13(9,2)3/h5-6,9-10,19H,4H2,1-3H3,(H,17,20). The molecule has 1 saturated carbocycles. The Labute approximate surface area is 116 Å². The molecule has 0 saturated heterocycles. The van der Waals surface area contributed by atoms with E-state index in [0.29, 0.717) is 23.5 Å². The van der Waals surface area contributed by atoms with Crippen LogP contribution in [0, 0.1) is 12.3 Å². The van der Waals surface area contributed by atoms with Crippen LogP contribution in [0.2, 0.25) is 0 Å². The van der Waals surface area contributed by atoms with Gasteiger partial charge in [0, 0.05) is 17.7 Å². The van der Waals surface area contributed by atoms with Crippen molar-refractivity contribution >= 4 is 11.7 Å². The molecule has 2 aromatic rings. The van der Waals surface area contributed by atoms with Crippen molar-refractivity contribution in [1.82, 2.24) is 24.9 Å². The zero-order chi connectivity index (χ0) is 14.5. The largest absolute Gasteiger partial charge is 0.392 e. The van der Waals surface area contributed by atoms with Crippen molar-refractivity contribution in [3.8, 4) is 0 Å². The number of hydrogen-bond acceptors (Lipinski definition) is 5. The second-order valence-corrected chi connectivity index (χ2v) is 5.83. The van der Waals surface area contributed by atoms with Gasteiger partial charge in [-0.1, -0.05) is 13.8 Å². The Morgan fingerprint density at radius 3 is 2.90 bits per heavy atom. The maximum absolute atomic E-state index is 12.3. The molecule has 1 aliphatic rings. The molecule has 2 heterocycles. The van der Waals surface area contributed by atoms with Crippen molar-refractivity contribution in [2.75, 3.05) is 0 Å². The van der Waals surface area contributed by atoms with Crippen LogP contribution in [0.5, 0.6) is 0 Å². The summed E-state index contributed by atoms with van der Waals surface area (Å²) in [6.07, 6.45) is 3.13. The number of carbonyl (C=O) groups is 1. The number of aliphatic hydroxyl groups excluding tert-OH is 1. The van der Waals surface area contributed by atoms with Crippen LogP contribution in [0.4, 0.5) is 0 Å². The molecule has 1 fully saturated rings. The van der Waals surface area contributed by atoms with Crippen LogP contribution in [0.25, 0.3) is 5.78 Å². The molecule has 106 valence electrons.